The Morgan fingerprint density at radius 3 is 2.39 bits per heavy atom. The molecule has 6 heteroatoms. The van der Waals surface area contributed by atoms with Crippen molar-refractivity contribution in [2.75, 3.05) is 5.75 Å². The van der Waals surface area contributed by atoms with Crippen LogP contribution in [0.3, 0.4) is 0 Å². The molecule has 1 aliphatic carbocycles. The highest BCUT2D eigenvalue weighted by molar-refractivity contribution is 9.10. The summed E-state index contributed by atoms with van der Waals surface area (Å²) in [4.78, 5) is 10.6. The second-order valence-corrected chi connectivity index (χ2v) is 6.46. The maximum atomic E-state index is 13.6. The zero-order valence-corrected chi connectivity index (χ0v) is 11.8. The zero-order valence-electron chi connectivity index (χ0n) is 9.38. The van der Waals surface area contributed by atoms with Crippen LogP contribution in [0.25, 0.3) is 0 Å². The van der Waals surface area contributed by atoms with Crippen LogP contribution in [0.2, 0.25) is 0 Å². The number of rotatable bonds is 5. The Balaban J connectivity index is 2.05. The summed E-state index contributed by atoms with van der Waals surface area (Å²) in [5.41, 5.74) is -0.275. The van der Waals surface area contributed by atoms with Gasteiger partial charge in [0.05, 0.1) is 11.3 Å². The molecule has 0 heterocycles. The van der Waals surface area contributed by atoms with Gasteiger partial charge in [-0.15, -0.1) is 11.8 Å². The zero-order chi connectivity index (χ0) is 13.3. The fourth-order valence-electron chi connectivity index (χ4n) is 1.76. The lowest BCUT2D eigenvalue weighted by molar-refractivity contribution is -0.138. The summed E-state index contributed by atoms with van der Waals surface area (Å²) in [6.45, 7) is 0. The minimum atomic E-state index is -0.857. The first-order valence-electron chi connectivity index (χ1n) is 5.41. The van der Waals surface area contributed by atoms with Gasteiger partial charge in [-0.2, -0.15) is 0 Å². The summed E-state index contributed by atoms with van der Waals surface area (Å²) in [5, 5.41) is 8.77. The lowest BCUT2D eigenvalue weighted by Gasteiger charge is -2.12. The number of aliphatic carboxylic acids is 1. The predicted molar refractivity (Wildman–Crippen MR) is 68.7 cm³/mol. The van der Waals surface area contributed by atoms with Gasteiger partial charge in [0.2, 0.25) is 0 Å². The molecule has 1 fully saturated rings. The fourth-order valence-corrected chi connectivity index (χ4v) is 3.40. The summed E-state index contributed by atoms with van der Waals surface area (Å²) < 4.78 is 27.5. The van der Waals surface area contributed by atoms with Crippen molar-refractivity contribution in [1.82, 2.24) is 0 Å². The van der Waals surface area contributed by atoms with Crippen molar-refractivity contribution in [2.45, 2.75) is 24.2 Å². The van der Waals surface area contributed by atoms with E-state index in [-0.39, 0.29) is 16.7 Å². The lowest BCUT2D eigenvalue weighted by Crippen LogP contribution is -2.11. The lowest BCUT2D eigenvalue weighted by atomic mass is 10.1. The summed E-state index contributed by atoms with van der Waals surface area (Å²) in [5.74, 6) is -1.64. The monoisotopic (exact) mass is 336 g/mol. The average molecular weight is 337 g/mol. The molecule has 1 aromatic carbocycles. The standard InChI is InChI=1S/C12H11BrF2O2S/c13-7-3-8(14)11(9(15)4-7)18-6-12(1-2-12)5-10(16)17/h3-4H,1-2,5-6H2,(H,16,17). The number of carboxylic acids is 1. The number of hydrogen-bond donors (Lipinski definition) is 1. The highest BCUT2D eigenvalue weighted by atomic mass is 79.9. The van der Waals surface area contributed by atoms with Crippen molar-refractivity contribution in [2.24, 2.45) is 5.41 Å². The molecule has 1 N–H and O–H groups in total. The van der Waals surface area contributed by atoms with Crippen molar-refractivity contribution < 1.29 is 18.7 Å². The second kappa shape index (κ2) is 5.17. The molecule has 2 nitrogen and oxygen atoms in total. The quantitative estimate of drug-likeness (QED) is 0.823. The first kappa shape index (κ1) is 13.8. The number of carbonyl (C=O) groups is 1. The van der Waals surface area contributed by atoms with Gasteiger partial charge in [0, 0.05) is 10.2 Å². The van der Waals surface area contributed by atoms with Gasteiger partial charge in [-0.25, -0.2) is 8.78 Å². The minimum Gasteiger partial charge on any atom is -0.481 e. The molecule has 0 radical (unpaired) electrons. The molecule has 1 aliphatic rings. The van der Waals surface area contributed by atoms with E-state index in [1.54, 1.807) is 0 Å². The molecule has 98 valence electrons. The number of thioether (sulfide) groups is 1. The number of benzene rings is 1. The minimum absolute atomic E-state index is 0.0325. The molecular weight excluding hydrogens is 326 g/mol. The topological polar surface area (TPSA) is 37.3 Å². The van der Waals surface area contributed by atoms with Crippen molar-refractivity contribution in [3.8, 4) is 0 Å². The first-order chi connectivity index (χ1) is 8.42. The summed E-state index contributed by atoms with van der Waals surface area (Å²) >= 11 is 4.08. The van der Waals surface area contributed by atoms with Gasteiger partial charge < -0.3 is 5.11 Å². The highest BCUT2D eigenvalue weighted by Gasteiger charge is 2.44. The molecule has 1 aromatic rings. The van der Waals surface area contributed by atoms with Crippen LogP contribution in [0, 0.1) is 17.0 Å². The molecule has 0 aliphatic heterocycles. The van der Waals surface area contributed by atoms with Crippen LogP contribution in [0.15, 0.2) is 21.5 Å². The van der Waals surface area contributed by atoms with Crippen molar-refractivity contribution in [3.05, 3.63) is 28.2 Å². The molecule has 0 spiro atoms. The molecule has 2 rings (SSSR count). The Kier molecular flexibility index (Phi) is 3.96. The van der Waals surface area contributed by atoms with Gasteiger partial charge in [-0.3, -0.25) is 4.79 Å². The molecule has 0 bridgehead atoms. The van der Waals surface area contributed by atoms with Crippen LogP contribution in [-0.4, -0.2) is 16.8 Å². The normalized spacial score (nSPS) is 16.6. The molecule has 0 unspecified atom stereocenters. The Hall–Kier alpha value is -0.620. The van der Waals surface area contributed by atoms with E-state index in [0.29, 0.717) is 10.2 Å². The van der Waals surface area contributed by atoms with E-state index < -0.39 is 17.6 Å². The third-order valence-corrected chi connectivity index (χ3v) is 4.86. The van der Waals surface area contributed by atoms with Crippen molar-refractivity contribution >= 4 is 33.7 Å². The SMILES string of the molecule is O=C(O)CC1(CSc2c(F)cc(Br)cc2F)CC1. The van der Waals surface area contributed by atoms with E-state index in [1.165, 1.54) is 12.1 Å². The van der Waals surface area contributed by atoms with Crippen LogP contribution < -0.4 is 0 Å². The number of carboxylic acid groups (broad SMARTS) is 1. The Bertz CT molecular complexity index is 466. The molecule has 1 saturated carbocycles. The molecule has 0 aromatic heterocycles. The third kappa shape index (κ3) is 3.23. The van der Waals surface area contributed by atoms with Gasteiger partial charge >= 0.3 is 5.97 Å². The van der Waals surface area contributed by atoms with Crippen LogP contribution >= 0.6 is 27.7 Å². The summed E-state index contributed by atoms with van der Waals surface area (Å²) in [6, 6.07) is 2.42. The first-order valence-corrected chi connectivity index (χ1v) is 7.19. The molecule has 0 saturated heterocycles. The predicted octanol–water partition coefficient (Wildman–Crippen LogP) is 4.07. The third-order valence-electron chi connectivity index (χ3n) is 2.97. The van der Waals surface area contributed by atoms with Crippen molar-refractivity contribution in [1.29, 1.82) is 0 Å². The van der Waals surface area contributed by atoms with Crippen LogP contribution in [0.4, 0.5) is 8.78 Å². The van der Waals surface area contributed by atoms with Gasteiger partial charge in [-0.1, -0.05) is 15.9 Å². The van der Waals surface area contributed by atoms with E-state index >= 15 is 0 Å². The maximum absolute atomic E-state index is 13.6. The Morgan fingerprint density at radius 1 is 1.39 bits per heavy atom. The van der Waals surface area contributed by atoms with Crippen LogP contribution in [0.5, 0.6) is 0 Å². The van der Waals surface area contributed by atoms with Crippen molar-refractivity contribution in [3.63, 3.8) is 0 Å². The second-order valence-electron chi connectivity index (χ2n) is 4.56. The molecule has 0 amide bonds. The summed E-state index contributed by atoms with van der Waals surface area (Å²) in [6.07, 6.45) is 1.69. The van der Waals surface area contributed by atoms with Crippen LogP contribution in [-0.2, 0) is 4.79 Å². The van der Waals surface area contributed by atoms with E-state index in [0.717, 1.165) is 24.6 Å². The Labute approximate surface area is 116 Å². The van der Waals surface area contributed by atoms with E-state index in [4.69, 9.17) is 5.11 Å². The molecule has 0 atom stereocenters. The smallest absolute Gasteiger partial charge is 0.303 e. The van der Waals surface area contributed by atoms with Gasteiger partial charge in [0.25, 0.3) is 0 Å². The van der Waals surface area contributed by atoms with E-state index in [9.17, 15) is 13.6 Å². The fraction of sp³-hybridized carbons (Fsp3) is 0.417. The highest BCUT2D eigenvalue weighted by Crippen LogP contribution is 2.52. The van der Waals surface area contributed by atoms with E-state index in [2.05, 4.69) is 15.9 Å². The largest absolute Gasteiger partial charge is 0.481 e. The summed E-state index contributed by atoms with van der Waals surface area (Å²) in [7, 11) is 0. The van der Waals surface area contributed by atoms with Gasteiger partial charge in [0.1, 0.15) is 11.6 Å². The Morgan fingerprint density at radius 2 is 1.94 bits per heavy atom. The molecular formula is C12H11BrF2O2S. The van der Waals surface area contributed by atoms with E-state index in [1.807, 2.05) is 0 Å². The average Bonchev–Trinajstić information content (AvgIpc) is 2.95. The number of hydrogen-bond acceptors (Lipinski definition) is 2. The van der Waals surface area contributed by atoms with Crippen LogP contribution in [0.1, 0.15) is 19.3 Å². The van der Waals surface area contributed by atoms with Gasteiger partial charge in [0.15, 0.2) is 0 Å². The number of halogens is 3. The molecule has 18 heavy (non-hydrogen) atoms. The van der Waals surface area contributed by atoms with Gasteiger partial charge in [-0.05, 0) is 30.4 Å². The maximum Gasteiger partial charge on any atom is 0.303 e.